The van der Waals surface area contributed by atoms with E-state index in [9.17, 15) is 5.11 Å². The average Bonchev–Trinajstić information content (AvgIpc) is 2.35. The average molecular weight is 213 g/mol. The van der Waals surface area contributed by atoms with Crippen LogP contribution in [-0.2, 0) is 5.11 Å². The van der Waals surface area contributed by atoms with Crippen LogP contribution >= 0.6 is 0 Å². The van der Waals surface area contributed by atoms with Gasteiger partial charge < -0.3 is 0 Å². The van der Waals surface area contributed by atoms with Crippen molar-refractivity contribution < 1.29 is 5.11 Å². The molecule has 83 valence electrons. The number of hydrogen-bond acceptors (Lipinski definition) is 0. The predicted octanol–water partition coefficient (Wildman–Crippen LogP) is 4.15. The summed E-state index contributed by atoms with van der Waals surface area (Å²) < 4.78 is 0. The lowest BCUT2D eigenvalue weighted by molar-refractivity contribution is 0.168. The van der Waals surface area contributed by atoms with Gasteiger partial charge in [0.1, 0.15) is 0 Å². The lowest BCUT2D eigenvalue weighted by Crippen LogP contribution is -2.03. The maximum absolute atomic E-state index is 11.3. The highest BCUT2D eigenvalue weighted by atomic mass is 16.3. The minimum atomic E-state index is -0.0121. The Kier molecular flexibility index (Phi) is 3.58. The molecule has 0 amide bonds. The normalized spacial score (nSPS) is 12.9. The van der Waals surface area contributed by atoms with Crippen LogP contribution in [0.4, 0.5) is 0 Å². The van der Waals surface area contributed by atoms with Gasteiger partial charge in [0.15, 0.2) is 0 Å². The van der Waals surface area contributed by atoms with Crippen LogP contribution in [-0.4, -0.2) is 6.61 Å². The smallest absolute Gasteiger partial charge is 0.0891 e. The van der Waals surface area contributed by atoms with Gasteiger partial charge in [-0.25, -0.2) is 5.11 Å². The van der Waals surface area contributed by atoms with Gasteiger partial charge in [-0.15, -0.1) is 0 Å². The Bertz CT molecular complexity index is 456. The van der Waals surface area contributed by atoms with Gasteiger partial charge in [0.25, 0.3) is 0 Å². The molecule has 0 aliphatic carbocycles. The van der Waals surface area contributed by atoms with Gasteiger partial charge in [-0.2, -0.15) is 0 Å². The summed E-state index contributed by atoms with van der Waals surface area (Å²) in [5.41, 5.74) is 1.22. The topological polar surface area (TPSA) is 19.9 Å². The van der Waals surface area contributed by atoms with Crippen molar-refractivity contribution in [3.63, 3.8) is 0 Å². The van der Waals surface area contributed by atoms with Crippen LogP contribution in [0.3, 0.4) is 0 Å². The molecule has 2 rings (SSSR count). The van der Waals surface area contributed by atoms with Crippen molar-refractivity contribution in [2.45, 2.75) is 25.7 Å². The van der Waals surface area contributed by atoms with E-state index in [1.54, 1.807) is 0 Å². The number of fused-ring (bicyclic) bond motifs is 1. The van der Waals surface area contributed by atoms with Crippen LogP contribution in [0.2, 0.25) is 0 Å². The molecule has 0 fully saturated rings. The highest BCUT2D eigenvalue weighted by Crippen LogP contribution is 2.28. The van der Waals surface area contributed by atoms with Gasteiger partial charge in [0.2, 0.25) is 0 Å². The Morgan fingerprint density at radius 2 is 1.81 bits per heavy atom. The van der Waals surface area contributed by atoms with E-state index in [2.05, 4.69) is 37.3 Å². The summed E-state index contributed by atoms with van der Waals surface area (Å²) in [7, 11) is 0. The molecule has 2 aromatic carbocycles. The number of rotatable bonds is 4. The fraction of sp³-hybridized carbons (Fsp3) is 0.333. The minimum Gasteiger partial charge on any atom is -0.236 e. The first-order valence-electron chi connectivity index (χ1n) is 5.92. The van der Waals surface area contributed by atoms with E-state index in [-0.39, 0.29) is 12.5 Å². The highest BCUT2D eigenvalue weighted by Gasteiger charge is 2.12. The van der Waals surface area contributed by atoms with Gasteiger partial charge in [0.05, 0.1) is 6.61 Å². The molecule has 0 N–H and O–H groups in total. The second-order valence-electron chi connectivity index (χ2n) is 4.22. The maximum Gasteiger partial charge on any atom is 0.0891 e. The fourth-order valence-corrected chi connectivity index (χ4v) is 2.28. The molecule has 1 unspecified atom stereocenters. The van der Waals surface area contributed by atoms with Gasteiger partial charge in [-0.1, -0.05) is 55.8 Å². The van der Waals surface area contributed by atoms with E-state index in [0.29, 0.717) is 0 Å². The highest BCUT2D eigenvalue weighted by molar-refractivity contribution is 5.86. The molecule has 2 aromatic rings. The van der Waals surface area contributed by atoms with Crippen LogP contribution in [0.1, 0.15) is 31.2 Å². The number of benzene rings is 2. The molecular formula is C15H17O. The van der Waals surface area contributed by atoms with Crippen LogP contribution in [0.15, 0.2) is 42.5 Å². The molecule has 0 aromatic heterocycles. The van der Waals surface area contributed by atoms with Gasteiger partial charge in [0, 0.05) is 5.92 Å². The standard InChI is InChI=1S/C15H17O/c1-2-6-13(11-16)15-10-5-8-12-7-3-4-9-14(12)15/h3-5,7-10,13H,2,6,11H2,1H3. The molecule has 1 heteroatoms. The molecule has 0 heterocycles. The van der Waals surface area contributed by atoms with Crippen molar-refractivity contribution in [2.75, 3.05) is 6.61 Å². The summed E-state index contributed by atoms with van der Waals surface area (Å²) >= 11 is 0. The second-order valence-corrected chi connectivity index (χ2v) is 4.22. The first kappa shape index (κ1) is 11.2. The zero-order valence-corrected chi connectivity index (χ0v) is 9.65. The monoisotopic (exact) mass is 213 g/mol. The summed E-state index contributed by atoms with van der Waals surface area (Å²) in [6.45, 7) is 2.12. The van der Waals surface area contributed by atoms with Crippen molar-refractivity contribution in [3.05, 3.63) is 48.0 Å². The maximum atomic E-state index is 11.3. The molecule has 0 aliphatic rings. The zero-order chi connectivity index (χ0) is 11.4. The van der Waals surface area contributed by atoms with Crippen LogP contribution in [0.5, 0.6) is 0 Å². The Hall–Kier alpha value is -1.34. The van der Waals surface area contributed by atoms with Gasteiger partial charge in [-0.05, 0) is 22.8 Å². The van der Waals surface area contributed by atoms with Gasteiger partial charge >= 0.3 is 0 Å². The van der Waals surface area contributed by atoms with Crippen LogP contribution in [0.25, 0.3) is 10.8 Å². The quantitative estimate of drug-likeness (QED) is 0.727. The summed E-state index contributed by atoms with van der Waals surface area (Å²) in [4.78, 5) is 0. The van der Waals surface area contributed by atoms with E-state index in [0.717, 1.165) is 12.8 Å². The Balaban J connectivity index is 2.50. The SMILES string of the molecule is CCCC(C[O])c1cccc2ccccc12. The molecule has 0 saturated carbocycles. The summed E-state index contributed by atoms with van der Waals surface area (Å²) in [5, 5.41) is 13.7. The lowest BCUT2D eigenvalue weighted by atomic mass is 9.91. The van der Waals surface area contributed by atoms with Crippen LogP contribution in [0, 0.1) is 0 Å². The van der Waals surface area contributed by atoms with Crippen molar-refractivity contribution in [2.24, 2.45) is 0 Å². The summed E-state index contributed by atoms with van der Waals surface area (Å²) in [6.07, 6.45) is 2.05. The molecular weight excluding hydrogens is 196 g/mol. The summed E-state index contributed by atoms with van der Waals surface area (Å²) in [6, 6.07) is 14.6. The zero-order valence-electron chi connectivity index (χ0n) is 9.65. The third-order valence-corrected chi connectivity index (χ3v) is 3.10. The van der Waals surface area contributed by atoms with E-state index >= 15 is 0 Å². The molecule has 0 bridgehead atoms. The molecule has 0 saturated heterocycles. The predicted molar refractivity (Wildman–Crippen MR) is 67.2 cm³/mol. The molecule has 16 heavy (non-hydrogen) atoms. The third-order valence-electron chi connectivity index (χ3n) is 3.10. The van der Waals surface area contributed by atoms with E-state index in [1.165, 1.54) is 16.3 Å². The first-order chi connectivity index (χ1) is 7.86. The van der Waals surface area contributed by atoms with E-state index in [4.69, 9.17) is 0 Å². The largest absolute Gasteiger partial charge is 0.236 e. The van der Waals surface area contributed by atoms with E-state index < -0.39 is 0 Å². The number of hydrogen-bond donors (Lipinski definition) is 0. The van der Waals surface area contributed by atoms with Crippen molar-refractivity contribution in [1.29, 1.82) is 0 Å². The Labute approximate surface area is 96.7 Å². The molecule has 1 radical (unpaired) electrons. The third kappa shape index (κ3) is 2.10. The van der Waals surface area contributed by atoms with Crippen molar-refractivity contribution in [3.8, 4) is 0 Å². The van der Waals surface area contributed by atoms with E-state index in [1.807, 2.05) is 12.1 Å². The first-order valence-corrected chi connectivity index (χ1v) is 5.92. The molecule has 1 nitrogen and oxygen atoms in total. The Morgan fingerprint density at radius 1 is 1.06 bits per heavy atom. The van der Waals surface area contributed by atoms with Crippen molar-refractivity contribution >= 4 is 10.8 Å². The molecule has 0 spiro atoms. The van der Waals surface area contributed by atoms with Crippen molar-refractivity contribution in [1.82, 2.24) is 0 Å². The summed E-state index contributed by atoms with van der Waals surface area (Å²) in [5.74, 6) is 0.163. The van der Waals surface area contributed by atoms with Crippen LogP contribution < -0.4 is 0 Å². The van der Waals surface area contributed by atoms with Gasteiger partial charge in [-0.3, -0.25) is 0 Å². The lowest BCUT2D eigenvalue weighted by Gasteiger charge is -2.15. The fourth-order valence-electron chi connectivity index (χ4n) is 2.28. The molecule has 1 atom stereocenters. The minimum absolute atomic E-state index is 0.0121. The Morgan fingerprint density at radius 3 is 2.56 bits per heavy atom. The molecule has 0 aliphatic heterocycles. The second kappa shape index (κ2) is 5.13.